The maximum absolute atomic E-state index is 11.8. The Labute approximate surface area is 123 Å². The molecule has 1 aromatic rings. The first-order valence-electron chi connectivity index (χ1n) is 6.91. The average Bonchev–Trinajstić information content (AvgIpc) is 2.54. The number of hydrogen-bond donors (Lipinski definition) is 1. The van der Waals surface area contributed by atoms with Crippen LogP contribution in [0.4, 0.5) is 4.79 Å². The number of hydrogen-bond acceptors (Lipinski definition) is 4. The van der Waals surface area contributed by atoms with Crippen molar-refractivity contribution in [1.29, 1.82) is 0 Å². The molecule has 0 bridgehead atoms. The third-order valence-corrected chi connectivity index (χ3v) is 3.37. The van der Waals surface area contributed by atoms with E-state index < -0.39 is 0 Å². The van der Waals surface area contributed by atoms with Crippen molar-refractivity contribution in [1.82, 2.24) is 15.2 Å². The summed E-state index contributed by atoms with van der Waals surface area (Å²) in [6, 6.07) is 5.62. The summed E-state index contributed by atoms with van der Waals surface area (Å²) in [5.41, 5.74) is 0.744. The third-order valence-electron chi connectivity index (χ3n) is 3.37. The van der Waals surface area contributed by atoms with Crippen LogP contribution in [-0.2, 0) is 9.53 Å². The molecule has 2 heterocycles. The van der Waals surface area contributed by atoms with E-state index in [1.165, 1.54) is 13.2 Å². The number of nitrogens with zero attached hydrogens (tertiary/aromatic N) is 2. The fraction of sp³-hybridized carbons (Fsp3) is 0.400. The Kier molecular flexibility index (Phi) is 5.31. The molecule has 0 radical (unpaired) electrons. The Morgan fingerprint density at radius 3 is 2.76 bits per heavy atom. The van der Waals surface area contributed by atoms with Gasteiger partial charge >= 0.3 is 6.09 Å². The summed E-state index contributed by atoms with van der Waals surface area (Å²) in [6.45, 7) is 1.20. The van der Waals surface area contributed by atoms with Gasteiger partial charge in [-0.3, -0.25) is 9.78 Å². The lowest BCUT2D eigenvalue weighted by Crippen LogP contribution is -2.46. The van der Waals surface area contributed by atoms with E-state index >= 15 is 0 Å². The fourth-order valence-corrected chi connectivity index (χ4v) is 2.22. The van der Waals surface area contributed by atoms with Crippen LogP contribution < -0.4 is 5.32 Å². The highest BCUT2D eigenvalue weighted by atomic mass is 16.5. The summed E-state index contributed by atoms with van der Waals surface area (Å²) in [7, 11) is 1.37. The Morgan fingerprint density at radius 1 is 1.38 bits per heavy atom. The standard InChI is InChI=1S/C15H19N3O3/c1-21-15(20)18-10-7-13(8-11-18)17-14(19)6-5-12-4-2-3-9-16-12/h2-6,9,13H,7-8,10-11H2,1H3,(H,17,19)/b6-5+. The first-order valence-corrected chi connectivity index (χ1v) is 6.91. The van der Waals surface area contributed by atoms with Crippen molar-refractivity contribution in [2.45, 2.75) is 18.9 Å². The van der Waals surface area contributed by atoms with Gasteiger partial charge in [-0.2, -0.15) is 0 Å². The second-order valence-corrected chi connectivity index (χ2v) is 4.83. The van der Waals surface area contributed by atoms with Crippen LogP contribution in [0.15, 0.2) is 30.5 Å². The van der Waals surface area contributed by atoms with E-state index in [0.717, 1.165) is 18.5 Å². The number of likely N-dealkylation sites (tertiary alicyclic amines) is 1. The van der Waals surface area contributed by atoms with Gasteiger partial charge in [-0.05, 0) is 31.1 Å². The van der Waals surface area contributed by atoms with E-state index in [-0.39, 0.29) is 18.0 Å². The Morgan fingerprint density at radius 2 is 2.14 bits per heavy atom. The summed E-state index contributed by atoms with van der Waals surface area (Å²) in [4.78, 5) is 28.9. The van der Waals surface area contributed by atoms with Crippen LogP contribution in [0, 0.1) is 0 Å². The zero-order chi connectivity index (χ0) is 15.1. The SMILES string of the molecule is COC(=O)N1CCC(NC(=O)/C=C/c2ccccn2)CC1. The quantitative estimate of drug-likeness (QED) is 0.855. The smallest absolute Gasteiger partial charge is 0.409 e. The lowest BCUT2D eigenvalue weighted by molar-refractivity contribution is -0.117. The predicted molar refractivity (Wildman–Crippen MR) is 78.4 cm³/mol. The van der Waals surface area contributed by atoms with E-state index in [9.17, 15) is 9.59 Å². The zero-order valence-corrected chi connectivity index (χ0v) is 12.0. The van der Waals surface area contributed by atoms with E-state index in [4.69, 9.17) is 0 Å². The molecule has 2 rings (SSSR count). The molecule has 0 saturated carbocycles. The average molecular weight is 289 g/mol. The monoisotopic (exact) mass is 289 g/mol. The van der Waals surface area contributed by atoms with Crippen molar-refractivity contribution >= 4 is 18.1 Å². The Bertz CT molecular complexity index is 508. The minimum atomic E-state index is -0.310. The molecule has 0 aromatic carbocycles. The first kappa shape index (κ1) is 15.0. The summed E-state index contributed by atoms with van der Waals surface area (Å²) in [6.07, 6.45) is 6.00. The normalized spacial score (nSPS) is 16.0. The first-order chi connectivity index (χ1) is 10.2. The number of carbonyl (C=O) groups excluding carboxylic acids is 2. The van der Waals surface area contributed by atoms with Gasteiger partial charge in [0.25, 0.3) is 0 Å². The summed E-state index contributed by atoms with van der Waals surface area (Å²) in [5, 5.41) is 2.93. The number of piperidine rings is 1. The molecule has 1 fully saturated rings. The number of amides is 2. The van der Waals surface area contributed by atoms with Gasteiger partial charge in [0.15, 0.2) is 0 Å². The Balaban J connectivity index is 1.77. The molecule has 0 aliphatic carbocycles. The highest BCUT2D eigenvalue weighted by Crippen LogP contribution is 2.11. The lowest BCUT2D eigenvalue weighted by Gasteiger charge is -2.31. The van der Waals surface area contributed by atoms with Gasteiger partial charge in [-0.15, -0.1) is 0 Å². The second kappa shape index (κ2) is 7.42. The molecule has 0 unspecified atom stereocenters. The highest BCUT2D eigenvalue weighted by Gasteiger charge is 2.23. The number of nitrogens with one attached hydrogen (secondary N) is 1. The van der Waals surface area contributed by atoms with E-state index in [0.29, 0.717) is 13.1 Å². The Hall–Kier alpha value is -2.37. The molecule has 0 atom stereocenters. The van der Waals surface area contributed by atoms with Gasteiger partial charge in [0.2, 0.25) is 5.91 Å². The number of methoxy groups -OCH3 is 1. The molecule has 6 heteroatoms. The van der Waals surface area contributed by atoms with Crippen LogP contribution in [0.2, 0.25) is 0 Å². The molecule has 1 aliphatic rings. The number of ether oxygens (including phenoxy) is 1. The van der Waals surface area contributed by atoms with Crippen molar-refractivity contribution in [2.24, 2.45) is 0 Å². The number of aromatic nitrogens is 1. The van der Waals surface area contributed by atoms with Gasteiger partial charge in [-0.25, -0.2) is 4.79 Å². The molecule has 1 saturated heterocycles. The molecule has 1 aromatic heterocycles. The van der Waals surface area contributed by atoms with Gasteiger partial charge in [0, 0.05) is 31.4 Å². The van der Waals surface area contributed by atoms with E-state index in [2.05, 4.69) is 15.0 Å². The molecular weight excluding hydrogens is 270 g/mol. The van der Waals surface area contributed by atoms with Gasteiger partial charge in [-0.1, -0.05) is 6.07 Å². The molecule has 0 spiro atoms. The minimum absolute atomic E-state index is 0.0896. The molecular formula is C15H19N3O3. The van der Waals surface area contributed by atoms with Crippen LogP contribution in [0.1, 0.15) is 18.5 Å². The maximum atomic E-state index is 11.8. The summed E-state index contributed by atoms with van der Waals surface area (Å²) < 4.78 is 4.68. The lowest BCUT2D eigenvalue weighted by atomic mass is 10.1. The van der Waals surface area contributed by atoms with Crippen LogP contribution in [0.3, 0.4) is 0 Å². The minimum Gasteiger partial charge on any atom is -0.453 e. The molecule has 1 N–H and O–H groups in total. The van der Waals surface area contributed by atoms with Crippen molar-refractivity contribution in [3.8, 4) is 0 Å². The molecule has 1 aliphatic heterocycles. The number of pyridine rings is 1. The van der Waals surface area contributed by atoms with E-state index in [1.807, 2.05) is 18.2 Å². The summed E-state index contributed by atoms with van der Waals surface area (Å²) in [5.74, 6) is -0.142. The van der Waals surface area contributed by atoms with Crippen molar-refractivity contribution in [2.75, 3.05) is 20.2 Å². The topological polar surface area (TPSA) is 71.5 Å². The van der Waals surface area contributed by atoms with Crippen molar-refractivity contribution in [3.05, 3.63) is 36.2 Å². The fourth-order valence-electron chi connectivity index (χ4n) is 2.22. The van der Waals surface area contributed by atoms with Crippen LogP contribution in [0.25, 0.3) is 6.08 Å². The predicted octanol–water partition coefficient (Wildman–Crippen LogP) is 1.44. The van der Waals surface area contributed by atoms with Crippen molar-refractivity contribution in [3.63, 3.8) is 0 Å². The number of carbonyl (C=O) groups is 2. The largest absolute Gasteiger partial charge is 0.453 e. The third kappa shape index (κ3) is 4.59. The van der Waals surface area contributed by atoms with Gasteiger partial charge in [0.05, 0.1) is 12.8 Å². The van der Waals surface area contributed by atoms with E-state index in [1.54, 1.807) is 17.2 Å². The van der Waals surface area contributed by atoms with Gasteiger partial charge in [0.1, 0.15) is 0 Å². The zero-order valence-electron chi connectivity index (χ0n) is 12.0. The maximum Gasteiger partial charge on any atom is 0.409 e. The van der Waals surface area contributed by atoms with Crippen LogP contribution in [0.5, 0.6) is 0 Å². The number of rotatable bonds is 3. The summed E-state index contributed by atoms with van der Waals surface area (Å²) >= 11 is 0. The van der Waals surface area contributed by atoms with Crippen LogP contribution in [-0.4, -0.2) is 48.1 Å². The highest BCUT2D eigenvalue weighted by molar-refractivity contribution is 5.91. The van der Waals surface area contributed by atoms with Crippen molar-refractivity contribution < 1.29 is 14.3 Å². The van der Waals surface area contributed by atoms with Gasteiger partial charge < -0.3 is 15.0 Å². The molecule has 6 nitrogen and oxygen atoms in total. The molecule has 2 amide bonds. The van der Waals surface area contributed by atoms with Crippen LogP contribution >= 0.6 is 0 Å². The second-order valence-electron chi connectivity index (χ2n) is 4.83. The molecule has 112 valence electrons. The molecule has 21 heavy (non-hydrogen) atoms.